The van der Waals surface area contributed by atoms with Crippen LogP contribution in [0.3, 0.4) is 0 Å². The van der Waals surface area contributed by atoms with Gasteiger partial charge in [0.1, 0.15) is 6.54 Å². The normalized spacial score (nSPS) is 12.8. The summed E-state index contributed by atoms with van der Waals surface area (Å²) in [4.78, 5) is 48.7. The molecule has 0 fully saturated rings. The average molecular weight is 372 g/mol. The highest BCUT2D eigenvalue weighted by Gasteiger charge is 2.36. The van der Waals surface area contributed by atoms with Crippen molar-refractivity contribution in [2.24, 2.45) is 0 Å². The molecule has 7 nitrogen and oxygen atoms in total. The van der Waals surface area contributed by atoms with Crippen molar-refractivity contribution in [3.05, 3.63) is 58.6 Å². The van der Waals surface area contributed by atoms with E-state index < -0.39 is 24.3 Å². The van der Waals surface area contributed by atoms with Crippen LogP contribution in [0.15, 0.2) is 42.5 Å². The quantitative estimate of drug-likeness (QED) is 0.807. The average Bonchev–Trinajstić information content (AvgIpc) is 2.81. The van der Waals surface area contributed by atoms with Gasteiger partial charge in [0.15, 0.2) is 0 Å². The molecule has 4 amide bonds. The number of amides is 4. The van der Waals surface area contributed by atoms with Gasteiger partial charge in [0, 0.05) is 23.3 Å². The van der Waals surface area contributed by atoms with Crippen LogP contribution in [-0.4, -0.2) is 35.1 Å². The molecule has 2 aromatic rings. The zero-order valence-corrected chi connectivity index (χ0v) is 14.5. The molecule has 26 heavy (non-hydrogen) atoms. The Kier molecular flexibility index (Phi) is 4.73. The van der Waals surface area contributed by atoms with Crippen molar-refractivity contribution in [3.63, 3.8) is 0 Å². The molecular formula is C18H14ClN3O4. The lowest BCUT2D eigenvalue weighted by Crippen LogP contribution is -2.37. The van der Waals surface area contributed by atoms with Crippen molar-refractivity contribution in [1.82, 2.24) is 4.90 Å². The molecule has 0 unspecified atom stereocenters. The van der Waals surface area contributed by atoms with Gasteiger partial charge < -0.3 is 10.6 Å². The van der Waals surface area contributed by atoms with Crippen LogP contribution < -0.4 is 10.6 Å². The minimum absolute atomic E-state index is 0.190. The molecule has 0 spiro atoms. The van der Waals surface area contributed by atoms with Gasteiger partial charge in [-0.2, -0.15) is 0 Å². The van der Waals surface area contributed by atoms with E-state index in [-0.39, 0.29) is 17.0 Å². The molecule has 132 valence electrons. The number of imide groups is 1. The van der Waals surface area contributed by atoms with Crippen molar-refractivity contribution in [2.45, 2.75) is 6.92 Å². The van der Waals surface area contributed by atoms with Crippen molar-refractivity contribution >= 4 is 46.6 Å². The summed E-state index contributed by atoms with van der Waals surface area (Å²) in [5, 5.41) is 5.56. The van der Waals surface area contributed by atoms with Crippen LogP contribution >= 0.6 is 11.6 Å². The summed E-state index contributed by atoms with van der Waals surface area (Å²) in [6, 6.07) is 10.9. The van der Waals surface area contributed by atoms with E-state index in [1.165, 1.54) is 25.1 Å². The lowest BCUT2D eigenvalue weighted by Gasteiger charge is -2.13. The first-order valence-corrected chi connectivity index (χ1v) is 8.06. The fourth-order valence-electron chi connectivity index (χ4n) is 2.59. The minimum Gasteiger partial charge on any atom is -0.326 e. The van der Waals surface area contributed by atoms with Crippen molar-refractivity contribution in [3.8, 4) is 0 Å². The Bertz CT molecular complexity index is 925. The first-order chi connectivity index (χ1) is 12.3. The lowest BCUT2D eigenvalue weighted by atomic mass is 10.1. The van der Waals surface area contributed by atoms with E-state index in [0.717, 1.165) is 4.90 Å². The molecule has 0 aromatic heterocycles. The SMILES string of the molecule is CC(=O)Nc1ccc(NC(=O)CN2C(=O)c3ccc(Cl)cc3C2=O)cc1. The Morgan fingerprint density at radius 1 is 0.923 bits per heavy atom. The summed E-state index contributed by atoms with van der Waals surface area (Å²) >= 11 is 5.85. The second kappa shape index (κ2) is 6.97. The molecule has 1 aliphatic heterocycles. The third-order valence-corrected chi connectivity index (χ3v) is 3.96. The number of halogens is 1. The molecular weight excluding hydrogens is 358 g/mol. The zero-order valence-electron chi connectivity index (χ0n) is 13.7. The van der Waals surface area contributed by atoms with Gasteiger partial charge in [-0.25, -0.2) is 0 Å². The number of carbonyl (C=O) groups is 4. The van der Waals surface area contributed by atoms with Gasteiger partial charge in [-0.15, -0.1) is 0 Å². The van der Waals surface area contributed by atoms with E-state index in [9.17, 15) is 19.2 Å². The zero-order chi connectivity index (χ0) is 18.8. The Morgan fingerprint density at radius 3 is 2.12 bits per heavy atom. The third kappa shape index (κ3) is 3.57. The number of hydrogen-bond donors (Lipinski definition) is 2. The van der Waals surface area contributed by atoms with Crippen LogP contribution in [0.25, 0.3) is 0 Å². The van der Waals surface area contributed by atoms with E-state index in [2.05, 4.69) is 10.6 Å². The maximum atomic E-state index is 12.3. The summed E-state index contributed by atoms with van der Waals surface area (Å²) in [7, 11) is 0. The molecule has 8 heteroatoms. The van der Waals surface area contributed by atoms with Crippen molar-refractivity contribution in [2.75, 3.05) is 17.2 Å². The predicted molar refractivity (Wildman–Crippen MR) is 96.2 cm³/mol. The first-order valence-electron chi connectivity index (χ1n) is 7.68. The van der Waals surface area contributed by atoms with Crippen LogP contribution in [0, 0.1) is 0 Å². The molecule has 0 radical (unpaired) electrons. The van der Waals surface area contributed by atoms with Gasteiger partial charge in [0.25, 0.3) is 11.8 Å². The third-order valence-electron chi connectivity index (χ3n) is 3.72. The van der Waals surface area contributed by atoms with Gasteiger partial charge in [0.2, 0.25) is 11.8 Å². The number of fused-ring (bicyclic) bond motifs is 1. The Balaban J connectivity index is 1.66. The predicted octanol–water partition coefficient (Wildman–Crippen LogP) is 2.53. The summed E-state index contributed by atoms with van der Waals surface area (Å²) in [5.74, 6) is -1.80. The maximum Gasteiger partial charge on any atom is 0.262 e. The molecule has 3 rings (SSSR count). The van der Waals surface area contributed by atoms with Crippen LogP contribution in [0.5, 0.6) is 0 Å². The number of nitrogens with one attached hydrogen (secondary N) is 2. The molecule has 0 saturated heterocycles. The number of benzene rings is 2. The first kappa shape index (κ1) is 17.6. The molecule has 1 heterocycles. The highest BCUT2D eigenvalue weighted by molar-refractivity contribution is 6.32. The van der Waals surface area contributed by atoms with Gasteiger partial charge in [-0.3, -0.25) is 24.1 Å². The van der Waals surface area contributed by atoms with E-state index in [1.807, 2.05) is 0 Å². The minimum atomic E-state index is -0.552. The Hall–Kier alpha value is -3.19. The van der Waals surface area contributed by atoms with E-state index >= 15 is 0 Å². The molecule has 0 atom stereocenters. The largest absolute Gasteiger partial charge is 0.326 e. The van der Waals surface area contributed by atoms with Crippen LogP contribution in [0.4, 0.5) is 11.4 Å². The summed E-state index contributed by atoms with van der Waals surface area (Å²) < 4.78 is 0. The molecule has 2 N–H and O–H groups in total. The number of anilines is 2. The van der Waals surface area contributed by atoms with Gasteiger partial charge in [0.05, 0.1) is 11.1 Å². The second-order valence-electron chi connectivity index (χ2n) is 5.69. The number of carbonyl (C=O) groups excluding carboxylic acids is 4. The molecule has 2 aromatic carbocycles. The fourth-order valence-corrected chi connectivity index (χ4v) is 2.76. The van der Waals surface area contributed by atoms with Crippen molar-refractivity contribution < 1.29 is 19.2 Å². The van der Waals surface area contributed by atoms with Gasteiger partial charge >= 0.3 is 0 Å². The monoisotopic (exact) mass is 371 g/mol. The highest BCUT2D eigenvalue weighted by Crippen LogP contribution is 2.25. The molecule has 0 saturated carbocycles. The van der Waals surface area contributed by atoms with Crippen molar-refractivity contribution in [1.29, 1.82) is 0 Å². The Labute approximate surface area is 153 Å². The Morgan fingerprint density at radius 2 is 1.50 bits per heavy atom. The topological polar surface area (TPSA) is 95.6 Å². The second-order valence-corrected chi connectivity index (χ2v) is 6.13. The standard InChI is InChI=1S/C18H14ClN3O4/c1-10(23)20-12-3-5-13(6-4-12)21-16(24)9-22-17(25)14-7-2-11(19)8-15(14)18(22)26/h2-8H,9H2,1H3,(H,20,23)(H,21,24). The highest BCUT2D eigenvalue weighted by atomic mass is 35.5. The number of hydrogen-bond acceptors (Lipinski definition) is 4. The number of rotatable bonds is 4. The fraction of sp³-hybridized carbons (Fsp3) is 0.111. The molecule has 0 bridgehead atoms. The van der Waals surface area contributed by atoms with Crippen LogP contribution in [-0.2, 0) is 9.59 Å². The van der Waals surface area contributed by atoms with E-state index in [1.54, 1.807) is 24.3 Å². The molecule has 1 aliphatic rings. The number of nitrogens with zero attached hydrogens (tertiary/aromatic N) is 1. The lowest BCUT2D eigenvalue weighted by molar-refractivity contribution is -0.116. The van der Waals surface area contributed by atoms with Gasteiger partial charge in [-0.05, 0) is 42.5 Å². The van der Waals surface area contributed by atoms with E-state index in [4.69, 9.17) is 11.6 Å². The van der Waals surface area contributed by atoms with Gasteiger partial charge in [-0.1, -0.05) is 11.6 Å². The smallest absolute Gasteiger partial charge is 0.262 e. The summed E-state index contributed by atoms with van der Waals surface area (Å²) in [5.41, 5.74) is 1.48. The summed E-state index contributed by atoms with van der Waals surface area (Å²) in [6.45, 7) is 0.988. The van der Waals surface area contributed by atoms with Crippen LogP contribution in [0.1, 0.15) is 27.6 Å². The maximum absolute atomic E-state index is 12.3. The molecule has 0 aliphatic carbocycles. The summed E-state index contributed by atoms with van der Waals surface area (Å²) in [6.07, 6.45) is 0. The van der Waals surface area contributed by atoms with E-state index in [0.29, 0.717) is 16.4 Å². The van der Waals surface area contributed by atoms with Crippen LogP contribution in [0.2, 0.25) is 5.02 Å².